The smallest absolute Gasteiger partial charge is 0.253 e. The number of hydrogen-bond acceptors (Lipinski definition) is 4. The number of H-pyrrole nitrogens is 1. The van der Waals surface area contributed by atoms with E-state index in [0.29, 0.717) is 37.3 Å². The van der Waals surface area contributed by atoms with Crippen LogP contribution in [0.5, 0.6) is 0 Å². The van der Waals surface area contributed by atoms with Gasteiger partial charge in [0.2, 0.25) is 5.91 Å². The van der Waals surface area contributed by atoms with E-state index < -0.39 is 6.04 Å². The molecule has 1 unspecified atom stereocenters. The number of benzene rings is 2. The third-order valence-corrected chi connectivity index (χ3v) is 5.06. The number of hydrogen-bond donors (Lipinski definition) is 2. The van der Waals surface area contributed by atoms with Crippen LogP contribution in [0, 0.1) is 5.82 Å². The Kier molecular flexibility index (Phi) is 4.79. The van der Waals surface area contributed by atoms with Crippen molar-refractivity contribution in [3.8, 4) is 0 Å². The maximum absolute atomic E-state index is 13.1. The average Bonchev–Trinajstić information content (AvgIpc) is 3.21. The molecule has 0 saturated carbocycles. The van der Waals surface area contributed by atoms with Crippen molar-refractivity contribution in [2.75, 3.05) is 26.2 Å². The molecule has 0 spiro atoms. The Morgan fingerprint density at radius 1 is 1.04 bits per heavy atom. The molecule has 1 saturated heterocycles. The molecule has 28 heavy (non-hydrogen) atoms. The van der Waals surface area contributed by atoms with Crippen molar-refractivity contribution in [1.82, 2.24) is 20.0 Å². The fourth-order valence-corrected chi connectivity index (χ4v) is 3.40. The van der Waals surface area contributed by atoms with Crippen LogP contribution < -0.4 is 5.73 Å². The van der Waals surface area contributed by atoms with Gasteiger partial charge in [-0.15, -0.1) is 0 Å². The van der Waals surface area contributed by atoms with Crippen molar-refractivity contribution in [3.63, 3.8) is 0 Å². The summed E-state index contributed by atoms with van der Waals surface area (Å²) < 4.78 is 13.1. The maximum Gasteiger partial charge on any atom is 0.253 e. The lowest BCUT2D eigenvalue weighted by molar-refractivity contribution is -0.134. The highest BCUT2D eigenvalue weighted by molar-refractivity contribution is 5.98. The Morgan fingerprint density at radius 3 is 2.43 bits per heavy atom. The Hall–Kier alpha value is -3.26. The third kappa shape index (κ3) is 3.46. The van der Waals surface area contributed by atoms with Crippen LogP contribution in [0.15, 0.2) is 48.7 Å². The van der Waals surface area contributed by atoms with Gasteiger partial charge in [-0.1, -0.05) is 12.1 Å². The molecule has 4 rings (SSSR count). The lowest BCUT2D eigenvalue weighted by atomic mass is 10.1. The number of carbonyl (C=O) groups is 2. The normalized spacial score (nSPS) is 15.6. The van der Waals surface area contributed by atoms with Crippen molar-refractivity contribution in [2.24, 2.45) is 5.73 Å². The molecular formula is C20H20FN5O2. The van der Waals surface area contributed by atoms with Gasteiger partial charge in [0.25, 0.3) is 5.91 Å². The van der Waals surface area contributed by atoms with E-state index in [9.17, 15) is 14.0 Å². The zero-order chi connectivity index (χ0) is 19.7. The number of aromatic amines is 1. The molecule has 8 heteroatoms. The third-order valence-electron chi connectivity index (χ3n) is 5.06. The van der Waals surface area contributed by atoms with Gasteiger partial charge in [0, 0.05) is 37.1 Å². The Morgan fingerprint density at radius 2 is 1.71 bits per heavy atom. The minimum absolute atomic E-state index is 0.0713. The minimum Gasteiger partial charge on any atom is -0.337 e. The van der Waals surface area contributed by atoms with Gasteiger partial charge in [0.15, 0.2) is 0 Å². The summed E-state index contributed by atoms with van der Waals surface area (Å²) in [6, 6.07) is 10.2. The molecule has 0 bridgehead atoms. The number of nitrogens with zero attached hydrogens (tertiary/aromatic N) is 3. The molecule has 2 amide bonds. The number of halogens is 1. The highest BCUT2D eigenvalue weighted by atomic mass is 19.1. The summed E-state index contributed by atoms with van der Waals surface area (Å²) in [5.41, 5.74) is 8.08. The molecule has 2 heterocycles. The van der Waals surface area contributed by atoms with Gasteiger partial charge < -0.3 is 15.5 Å². The van der Waals surface area contributed by atoms with Crippen LogP contribution in [0.2, 0.25) is 0 Å². The molecule has 144 valence electrons. The molecule has 1 aromatic heterocycles. The standard InChI is InChI=1S/C20H20FN5O2/c21-16-4-1-13(2-5-16)18(22)20(28)26-9-7-25(8-10-26)19(27)14-3-6-17-15(11-14)12-23-24-17/h1-6,11-12,18H,7-10,22H2,(H,23,24). The largest absolute Gasteiger partial charge is 0.337 e. The van der Waals surface area contributed by atoms with Crippen LogP contribution in [0.3, 0.4) is 0 Å². The average molecular weight is 381 g/mol. The Balaban J connectivity index is 1.38. The van der Waals surface area contributed by atoms with Gasteiger partial charge in [-0.05, 0) is 35.9 Å². The maximum atomic E-state index is 13.1. The first-order valence-electron chi connectivity index (χ1n) is 9.05. The minimum atomic E-state index is -0.841. The monoisotopic (exact) mass is 381 g/mol. The lowest BCUT2D eigenvalue weighted by Gasteiger charge is -2.36. The van der Waals surface area contributed by atoms with Crippen LogP contribution in [0.4, 0.5) is 4.39 Å². The van der Waals surface area contributed by atoms with Gasteiger partial charge in [-0.2, -0.15) is 5.10 Å². The first-order chi connectivity index (χ1) is 13.5. The van der Waals surface area contributed by atoms with Gasteiger partial charge in [0.1, 0.15) is 11.9 Å². The number of nitrogens with two attached hydrogens (primary N) is 1. The van der Waals surface area contributed by atoms with E-state index in [2.05, 4.69) is 10.2 Å². The molecule has 1 aliphatic heterocycles. The second-order valence-corrected chi connectivity index (χ2v) is 6.82. The fraction of sp³-hybridized carbons (Fsp3) is 0.250. The van der Waals surface area contributed by atoms with Crippen molar-refractivity contribution >= 4 is 22.7 Å². The van der Waals surface area contributed by atoms with Crippen molar-refractivity contribution in [1.29, 1.82) is 0 Å². The van der Waals surface area contributed by atoms with Gasteiger partial charge in [0.05, 0.1) is 11.7 Å². The van der Waals surface area contributed by atoms with Crippen LogP contribution in [0.1, 0.15) is 22.0 Å². The molecule has 1 fully saturated rings. The molecule has 3 aromatic rings. The summed E-state index contributed by atoms with van der Waals surface area (Å²) in [5, 5.41) is 7.70. The number of aromatic nitrogens is 2. The van der Waals surface area contributed by atoms with Crippen molar-refractivity contribution < 1.29 is 14.0 Å². The van der Waals surface area contributed by atoms with E-state index in [-0.39, 0.29) is 17.6 Å². The van der Waals surface area contributed by atoms with Crippen LogP contribution in [0.25, 0.3) is 10.9 Å². The lowest BCUT2D eigenvalue weighted by Crippen LogP contribution is -2.52. The van der Waals surface area contributed by atoms with Crippen LogP contribution in [-0.4, -0.2) is 58.0 Å². The predicted octanol–water partition coefficient (Wildman–Crippen LogP) is 1.69. The number of nitrogens with one attached hydrogen (secondary N) is 1. The topological polar surface area (TPSA) is 95.3 Å². The van der Waals surface area contributed by atoms with E-state index in [1.165, 1.54) is 24.3 Å². The molecule has 1 aliphatic rings. The summed E-state index contributed by atoms with van der Waals surface area (Å²) >= 11 is 0. The highest BCUT2D eigenvalue weighted by Crippen LogP contribution is 2.18. The summed E-state index contributed by atoms with van der Waals surface area (Å²) in [5.74, 6) is -0.666. The summed E-state index contributed by atoms with van der Waals surface area (Å²) in [7, 11) is 0. The zero-order valence-corrected chi connectivity index (χ0v) is 15.1. The highest BCUT2D eigenvalue weighted by Gasteiger charge is 2.28. The number of fused-ring (bicyclic) bond motifs is 1. The second-order valence-electron chi connectivity index (χ2n) is 6.82. The van der Waals surface area contributed by atoms with Crippen LogP contribution >= 0.6 is 0 Å². The quantitative estimate of drug-likeness (QED) is 0.722. The molecule has 3 N–H and O–H groups in total. The van der Waals surface area contributed by atoms with Crippen LogP contribution in [-0.2, 0) is 4.79 Å². The first-order valence-corrected chi connectivity index (χ1v) is 9.05. The number of carbonyl (C=O) groups excluding carboxylic acids is 2. The summed E-state index contributed by atoms with van der Waals surface area (Å²) in [4.78, 5) is 28.8. The number of rotatable bonds is 3. The Labute approximate surface area is 160 Å². The van der Waals surface area contributed by atoms with E-state index >= 15 is 0 Å². The molecule has 2 aromatic carbocycles. The van der Waals surface area contributed by atoms with Gasteiger partial charge in [-0.3, -0.25) is 14.7 Å². The van der Waals surface area contributed by atoms with Gasteiger partial charge in [-0.25, -0.2) is 4.39 Å². The second kappa shape index (κ2) is 7.40. The van der Waals surface area contributed by atoms with E-state index in [0.717, 1.165) is 10.9 Å². The molecule has 7 nitrogen and oxygen atoms in total. The SMILES string of the molecule is NC(C(=O)N1CCN(C(=O)c2ccc3[nH]ncc3c2)CC1)c1ccc(F)cc1. The molecule has 1 atom stereocenters. The van der Waals surface area contributed by atoms with Crippen molar-refractivity contribution in [3.05, 3.63) is 65.6 Å². The van der Waals surface area contributed by atoms with Gasteiger partial charge >= 0.3 is 0 Å². The molecular weight excluding hydrogens is 361 g/mol. The van der Waals surface area contributed by atoms with E-state index in [4.69, 9.17) is 5.73 Å². The Bertz CT molecular complexity index is 1010. The van der Waals surface area contributed by atoms with E-state index in [1.54, 1.807) is 22.1 Å². The van der Waals surface area contributed by atoms with Crippen molar-refractivity contribution in [2.45, 2.75) is 6.04 Å². The zero-order valence-electron chi connectivity index (χ0n) is 15.1. The summed E-state index contributed by atoms with van der Waals surface area (Å²) in [6.45, 7) is 1.69. The molecule has 0 aliphatic carbocycles. The molecule has 0 radical (unpaired) electrons. The predicted molar refractivity (Wildman–Crippen MR) is 102 cm³/mol. The number of piperazine rings is 1. The summed E-state index contributed by atoms with van der Waals surface area (Å²) in [6.07, 6.45) is 1.68. The number of amides is 2. The first kappa shape index (κ1) is 18.1. The van der Waals surface area contributed by atoms with E-state index in [1.807, 2.05) is 12.1 Å². The fourth-order valence-electron chi connectivity index (χ4n) is 3.40.